The number of allylic oxidation sites excluding steroid dienone is 2. The number of alkyl halides is 2. The molecule has 0 spiro atoms. The summed E-state index contributed by atoms with van der Waals surface area (Å²) in [4.78, 5) is 50.4. The Morgan fingerprint density at radius 1 is 0.974 bits per heavy atom. The number of fused-ring (bicyclic) bond motifs is 4. The summed E-state index contributed by atoms with van der Waals surface area (Å²) < 4.78 is 13.6. The lowest BCUT2D eigenvalue weighted by Gasteiger charge is -2.50. The van der Waals surface area contributed by atoms with Crippen LogP contribution < -0.4 is 4.90 Å². The molecule has 0 radical (unpaired) electrons. The molecule has 1 saturated carbocycles. The van der Waals surface area contributed by atoms with Crippen LogP contribution >= 0.6 is 23.2 Å². The second-order valence-electron chi connectivity index (χ2n) is 10.3. The maximum absolute atomic E-state index is 14.1. The van der Waals surface area contributed by atoms with Gasteiger partial charge in [-0.15, -0.1) is 23.2 Å². The summed E-state index contributed by atoms with van der Waals surface area (Å²) in [5.74, 6) is -7.36. The Morgan fingerprint density at radius 3 is 2.32 bits per heavy atom. The molecule has 2 aromatic carbocycles. The average molecular weight is 559 g/mol. The van der Waals surface area contributed by atoms with Crippen LogP contribution in [-0.2, 0) is 19.2 Å². The first kappa shape index (κ1) is 25.0. The predicted molar refractivity (Wildman–Crippen MR) is 133 cm³/mol. The molecule has 2 heterocycles. The van der Waals surface area contributed by atoms with Crippen molar-refractivity contribution < 1.29 is 33.9 Å². The van der Waals surface area contributed by atoms with Crippen LogP contribution in [0.3, 0.4) is 0 Å². The number of aromatic hydroxyl groups is 1. The van der Waals surface area contributed by atoms with E-state index in [0.717, 1.165) is 17.0 Å². The summed E-state index contributed by atoms with van der Waals surface area (Å²) in [5, 5.41) is 20.4. The van der Waals surface area contributed by atoms with Gasteiger partial charge >= 0.3 is 0 Å². The molecule has 2 N–H and O–H groups in total. The number of hydrogen-bond acceptors (Lipinski definition) is 6. The molecule has 0 bridgehead atoms. The summed E-state index contributed by atoms with van der Waals surface area (Å²) >= 11 is 14.4. The molecule has 2 aromatic rings. The summed E-state index contributed by atoms with van der Waals surface area (Å²) in [7, 11) is 0. The minimum atomic E-state index is -2.05. The number of hydrogen-bond donors (Lipinski definition) is 2. The van der Waals surface area contributed by atoms with Gasteiger partial charge in [0.25, 0.3) is 23.6 Å². The smallest absolute Gasteiger partial charge is 0.258 e. The number of halogens is 3. The first-order valence-corrected chi connectivity index (χ1v) is 12.8. The van der Waals surface area contributed by atoms with Crippen LogP contribution in [0.15, 0.2) is 54.1 Å². The number of rotatable bonds is 2. The Morgan fingerprint density at radius 2 is 1.66 bits per heavy atom. The van der Waals surface area contributed by atoms with Crippen molar-refractivity contribution in [2.24, 2.45) is 17.8 Å². The number of phenolic OH excluding ortho intramolecular Hbond substituents is 1. The first-order valence-electron chi connectivity index (χ1n) is 12.0. The van der Waals surface area contributed by atoms with Gasteiger partial charge < -0.3 is 5.11 Å². The summed E-state index contributed by atoms with van der Waals surface area (Å²) in [6.07, 6.45) is 1.62. The summed E-state index contributed by atoms with van der Waals surface area (Å²) in [6.45, 7) is 1.66. The Hall–Kier alpha value is -3.27. The van der Waals surface area contributed by atoms with Crippen molar-refractivity contribution in [1.82, 2.24) is 5.06 Å². The van der Waals surface area contributed by atoms with Gasteiger partial charge in [0.15, 0.2) is 9.75 Å². The van der Waals surface area contributed by atoms with Crippen molar-refractivity contribution in [3.8, 4) is 5.75 Å². The minimum Gasteiger partial charge on any atom is -0.508 e. The van der Waals surface area contributed by atoms with E-state index in [-0.39, 0.29) is 29.3 Å². The Labute approximate surface area is 226 Å². The third-order valence-corrected chi connectivity index (χ3v) is 9.84. The molecule has 3 fully saturated rings. The van der Waals surface area contributed by atoms with E-state index < -0.39 is 62.9 Å². The highest BCUT2D eigenvalue weighted by Crippen LogP contribution is 2.65. The van der Waals surface area contributed by atoms with Crippen LogP contribution in [0.1, 0.15) is 29.9 Å². The number of carbonyl (C=O) groups excluding carboxylic acids is 4. The number of anilines is 1. The fraction of sp³-hybridized carbons (Fsp3) is 0.333. The molecule has 0 aromatic heterocycles. The zero-order valence-corrected chi connectivity index (χ0v) is 21.4. The fourth-order valence-corrected chi connectivity index (χ4v) is 7.55. The van der Waals surface area contributed by atoms with Gasteiger partial charge in [-0.25, -0.2) is 9.29 Å². The van der Waals surface area contributed by atoms with E-state index in [1.165, 1.54) is 18.2 Å². The van der Waals surface area contributed by atoms with Crippen LogP contribution in [0.5, 0.6) is 5.75 Å². The van der Waals surface area contributed by atoms with E-state index in [9.17, 15) is 33.9 Å². The molecular weight excluding hydrogens is 538 g/mol. The van der Waals surface area contributed by atoms with E-state index in [4.69, 9.17) is 23.2 Å². The van der Waals surface area contributed by atoms with Crippen LogP contribution in [0.25, 0.3) is 0 Å². The highest BCUT2D eigenvalue weighted by atomic mass is 35.5. The van der Waals surface area contributed by atoms with Crippen molar-refractivity contribution in [2.75, 3.05) is 4.90 Å². The van der Waals surface area contributed by atoms with Gasteiger partial charge in [0.1, 0.15) is 11.6 Å². The normalized spacial score (nSPS) is 34.3. The molecular formula is C27H21Cl2FN2O6. The van der Waals surface area contributed by atoms with Gasteiger partial charge in [-0.2, -0.15) is 5.06 Å². The molecule has 6 rings (SSSR count). The third-order valence-electron chi connectivity index (χ3n) is 8.43. The second-order valence-corrected chi connectivity index (χ2v) is 11.5. The van der Waals surface area contributed by atoms with Crippen molar-refractivity contribution in [3.05, 3.63) is 71.1 Å². The number of nitrogens with zero attached hydrogens (tertiary/aromatic N) is 2. The van der Waals surface area contributed by atoms with Gasteiger partial charge in [0.2, 0.25) is 0 Å². The lowest BCUT2D eigenvalue weighted by molar-refractivity contribution is -0.173. The standard InChI is InChI=1S/C27H21Cl2FN2O6/c1-12-10-13(2-9-19(12)33)21-16-7-8-17-20(23(35)32(38)22(17)34)18(16)11-26(28)24(36)31(25(37)27(21,26)29)15-5-3-14(30)4-6-15/h2-7,9-10,17-18,20-21,33,38H,8,11H2,1H3/t17-,18+,20-,21-,26+,27-/m0/s1. The quantitative estimate of drug-likeness (QED) is 0.251. The Bertz CT molecular complexity index is 1480. The number of imide groups is 2. The van der Waals surface area contributed by atoms with Crippen LogP contribution in [0, 0.1) is 30.5 Å². The fourth-order valence-electron chi connectivity index (χ4n) is 6.61. The van der Waals surface area contributed by atoms with Gasteiger partial charge in [-0.3, -0.25) is 24.4 Å². The third kappa shape index (κ3) is 3.00. The van der Waals surface area contributed by atoms with Gasteiger partial charge in [0, 0.05) is 5.92 Å². The second kappa shape index (κ2) is 8.11. The maximum atomic E-state index is 14.1. The predicted octanol–water partition coefficient (Wildman–Crippen LogP) is 3.79. The first-order chi connectivity index (χ1) is 17.9. The molecule has 2 saturated heterocycles. The number of carbonyl (C=O) groups is 4. The van der Waals surface area contributed by atoms with Crippen molar-refractivity contribution in [1.29, 1.82) is 0 Å². The van der Waals surface area contributed by atoms with E-state index in [0.29, 0.717) is 16.7 Å². The number of amides is 4. The van der Waals surface area contributed by atoms with E-state index >= 15 is 0 Å². The number of aryl methyl sites for hydroxylation is 1. The van der Waals surface area contributed by atoms with Gasteiger partial charge in [-0.1, -0.05) is 23.8 Å². The van der Waals surface area contributed by atoms with E-state index in [1.54, 1.807) is 25.1 Å². The molecule has 6 atom stereocenters. The molecule has 4 aliphatic rings. The van der Waals surface area contributed by atoms with Crippen molar-refractivity contribution >= 4 is 52.5 Å². The molecule has 0 unspecified atom stereocenters. The lowest BCUT2D eigenvalue weighted by Crippen LogP contribution is -2.60. The molecule has 4 amide bonds. The summed E-state index contributed by atoms with van der Waals surface area (Å²) in [5.41, 5.74) is 1.61. The van der Waals surface area contributed by atoms with E-state index in [1.807, 2.05) is 0 Å². The molecule has 196 valence electrons. The maximum Gasteiger partial charge on any atom is 0.258 e. The minimum absolute atomic E-state index is 0.00816. The number of hydroxylamine groups is 2. The summed E-state index contributed by atoms with van der Waals surface area (Å²) in [6, 6.07) is 9.39. The van der Waals surface area contributed by atoms with Gasteiger partial charge in [-0.05, 0) is 67.1 Å². The number of benzene rings is 2. The zero-order chi connectivity index (χ0) is 27.3. The largest absolute Gasteiger partial charge is 0.508 e. The molecule has 2 aliphatic heterocycles. The zero-order valence-electron chi connectivity index (χ0n) is 19.9. The highest BCUT2D eigenvalue weighted by Gasteiger charge is 2.76. The molecule has 11 heteroatoms. The van der Waals surface area contributed by atoms with E-state index in [2.05, 4.69) is 0 Å². The number of phenols is 1. The highest BCUT2D eigenvalue weighted by molar-refractivity contribution is 6.58. The molecule has 2 aliphatic carbocycles. The molecule has 38 heavy (non-hydrogen) atoms. The Kier molecular flexibility index (Phi) is 5.35. The van der Waals surface area contributed by atoms with Crippen molar-refractivity contribution in [2.45, 2.75) is 35.4 Å². The SMILES string of the molecule is Cc1cc([C@H]2C3=CC[C@@H]4C(=O)N(O)C(=O)[C@@H]4[C@@H]3C[C@@]3(Cl)C(=O)N(c4ccc(F)cc4)C(=O)[C@@]23Cl)ccc1O. The average Bonchev–Trinajstić information content (AvgIpc) is 3.19. The van der Waals surface area contributed by atoms with Crippen LogP contribution in [0.2, 0.25) is 0 Å². The van der Waals surface area contributed by atoms with Gasteiger partial charge in [0.05, 0.1) is 17.5 Å². The lowest BCUT2D eigenvalue weighted by atomic mass is 9.56. The topological polar surface area (TPSA) is 115 Å². The Balaban J connectivity index is 1.58. The van der Waals surface area contributed by atoms with Crippen molar-refractivity contribution in [3.63, 3.8) is 0 Å². The van der Waals surface area contributed by atoms with Crippen LogP contribution in [-0.4, -0.2) is 48.8 Å². The van der Waals surface area contributed by atoms with Crippen LogP contribution in [0.4, 0.5) is 10.1 Å². The molecule has 8 nitrogen and oxygen atoms in total. The monoisotopic (exact) mass is 558 g/mol.